The van der Waals surface area contributed by atoms with Crippen molar-refractivity contribution in [3.63, 3.8) is 0 Å². The first-order chi connectivity index (χ1) is 7.31. The van der Waals surface area contributed by atoms with Gasteiger partial charge >= 0.3 is 0 Å². The lowest BCUT2D eigenvalue weighted by Gasteiger charge is -2.13. The maximum Gasteiger partial charge on any atom is 0.0951 e. The predicted octanol–water partition coefficient (Wildman–Crippen LogP) is 1.08. The van der Waals surface area contributed by atoms with Gasteiger partial charge in [0.2, 0.25) is 0 Å². The molecule has 2 rings (SSSR count). The molecule has 84 valence electrons. The Balaban J connectivity index is 1.84. The fourth-order valence-corrected chi connectivity index (χ4v) is 1.72. The first-order valence-corrected chi connectivity index (χ1v) is 5.66. The number of aliphatic hydroxyl groups is 1. The molecule has 15 heavy (non-hydrogen) atoms. The third kappa shape index (κ3) is 2.79. The Kier molecular flexibility index (Phi) is 3.38. The first-order valence-electron chi connectivity index (χ1n) is 5.66. The predicted molar refractivity (Wildman–Crippen MR) is 58.5 cm³/mol. The van der Waals surface area contributed by atoms with Crippen molar-refractivity contribution < 1.29 is 5.11 Å². The van der Waals surface area contributed by atoms with E-state index in [1.54, 1.807) is 0 Å². The van der Waals surface area contributed by atoms with Gasteiger partial charge < -0.3 is 15.0 Å². The van der Waals surface area contributed by atoms with Crippen LogP contribution in [0.25, 0.3) is 0 Å². The second-order valence-corrected chi connectivity index (χ2v) is 4.32. The SMILES string of the molecule is CC(CCO)NCc1cncn1C1CC1. The quantitative estimate of drug-likeness (QED) is 0.737. The molecular formula is C11H19N3O. The van der Waals surface area contributed by atoms with Crippen molar-refractivity contribution >= 4 is 0 Å². The second-order valence-electron chi connectivity index (χ2n) is 4.32. The number of hydrogen-bond donors (Lipinski definition) is 2. The monoisotopic (exact) mass is 209 g/mol. The Morgan fingerprint density at radius 3 is 3.13 bits per heavy atom. The number of hydrogen-bond acceptors (Lipinski definition) is 3. The molecule has 1 unspecified atom stereocenters. The smallest absolute Gasteiger partial charge is 0.0951 e. The van der Waals surface area contributed by atoms with Crippen molar-refractivity contribution in [1.29, 1.82) is 0 Å². The van der Waals surface area contributed by atoms with Gasteiger partial charge in [-0.25, -0.2) is 4.98 Å². The molecule has 1 saturated carbocycles. The minimum absolute atomic E-state index is 0.246. The van der Waals surface area contributed by atoms with Crippen molar-refractivity contribution in [3.05, 3.63) is 18.2 Å². The molecule has 0 saturated heterocycles. The molecule has 1 fully saturated rings. The van der Waals surface area contributed by atoms with Crippen LogP contribution in [-0.4, -0.2) is 27.3 Å². The van der Waals surface area contributed by atoms with Gasteiger partial charge in [-0.3, -0.25) is 0 Å². The normalized spacial score (nSPS) is 18.0. The molecule has 1 aromatic heterocycles. The van der Waals surface area contributed by atoms with Gasteiger partial charge in [0.05, 0.1) is 12.0 Å². The first kappa shape index (κ1) is 10.6. The van der Waals surface area contributed by atoms with E-state index in [-0.39, 0.29) is 6.61 Å². The number of aromatic nitrogens is 2. The molecule has 1 aliphatic carbocycles. The van der Waals surface area contributed by atoms with Crippen molar-refractivity contribution in [1.82, 2.24) is 14.9 Å². The van der Waals surface area contributed by atoms with Gasteiger partial charge in [0.25, 0.3) is 0 Å². The number of aliphatic hydroxyl groups excluding tert-OH is 1. The molecular weight excluding hydrogens is 190 g/mol. The topological polar surface area (TPSA) is 50.1 Å². The number of rotatable bonds is 6. The molecule has 2 N–H and O–H groups in total. The van der Waals surface area contributed by atoms with Crippen LogP contribution in [0.15, 0.2) is 12.5 Å². The standard InChI is InChI=1S/C11H19N3O/c1-9(4-5-15)13-7-11-6-12-8-14(11)10-2-3-10/h6,8-10,13,15H,2-5,7H2,1H3. The van der Waals surface area contributed by atoms with Crippen LogP contribution >= 0.6 is 0 Å². The van der Waals surface area contributed by atoms with E-state index in [9.17, 15) is 0 Å². The molecule has 1 atom stereocenters. The summed E-state index contributed by atoms with van der Waals surface area (Å²) in [6, 6.07) is 1.05. The van der Waals surface area contributed by atoms with E-state index in [1.165, 1.54) is 18.5 Å². The van der Waals surface area contributed by atoms with E-state index in [1.807, 2.05) is 12.5 Å². The molecule has 0 bridgehead atoms. The third-order valence-electron chi connectivity index (χ3n) is 2.88. The fraction of sp³-hybridized carbons (Fsp3) is 0.727. The highest BCUT2D eigenvalue weighted by molar-refractivity contribution is 5.03. The average Bonchev–Trinajstić information content (AvgIpc) is 2.96. The van der Waals surface area contributed by atoms with Gasteiger partial charge in [-0.2, -0.15) is 0 Å². The summed E-state index contributed by atoms with van der Waals surface area (Å²) in [6.07, 6.45) is 7.23. The Bertz CT molecular complexity index is 307. The molecule has 0 amide bonds. The van der Waals surface area contributed by atoms with E-state index < -0.39 is 0 Å². The van der Waals surface area contributed by atoms with Crippen LogP contribution in [0.4, 0.5) is 0 Å². The minimum Gasteiger partial charge on any atom is -0.396 e. The molecule has 0 radical (unpaired) electrons. The fourth-order valence-electron chi connectivity index (χ4n) is 1.72. The Morgan fingerprint density at radius 2 is 2.47 bits per heavy atom. The summed E-state index contributed by atoms with van der Waals surface area (Å²) in [7, 11) is 0. The van der Waals surface area contributed by atoms with Gasteiger partial charge in [-0.1, -0.05) is 0 Å². The van der Waals surface area contributed by atoms with E-state index in [0.29, 0.717) is 12.1 Å². The number of nitrogens with one attached hydrogen (secondary N) is 1. The van der Waals surface area contributed by atoms with Gasteiger partial charge in [0.15, 0.2) is 0 Å². The zero-order chi connectivity index (χ0) is 10.7. The van der Waals surface area contributed by atoms with Gasteiger partial charge in [-0.05, 0) is 26.2 Å². The Morgan fingerprint density at radius 1 is 1.67 bits per heavy atom. The van der Waals surface area contributed by atoms with Crippen LogP contribution in [0, 0.1) is 0 Å². The highest BCUT2D eigenvalue weighted by Gasteiger charge is 2.24. The molecule has 1 heterocycles. The van der Waals surface area contributed by atoms with E-state index in [0.717, 1.165) is 13.0 Å². The van der Waals surface area contributed by atoms with Crippen LogP contribution < -0.4 is 5.32 Å². The maximum absolute atomic E-state index is 8.79. The van der Waals surface area contributed by atoms with Crippen molar-refractivity contribution in [2.75, 3.05) is 6.61 Å². The summed E-state index contributed by atoms with van der Waals surface area (Å²) in [5.74, 6) is 0. The average molecular weight is 209 g/mol. The Hall–Kier alpha value is -0.870. The van der Waals surface area contributed by atoms with Gasteiger partial charge in [0.1, 0.15) is 0 Å². The molecule has 4 heteroatoms. The van der Waals surface area contributed by atoms with Crippen molar-refractivity contribution in [3.8, 4) is 0 Å². The van der Waals surface area contributed by atoms with Crippen LogP contribution in [-0.2, 0) is 6.54 Å². The molecule has 1 aliphatic rings. The third-order valence-corrected chi connectivity index (χ3v) is 2.88. The molecule has 0 aliphatic heterocycles. The van der Waals surface area contributed by atoms with Gasteiger partial charge in [0, 0.05) is 31.4 Å². The highest BCUT2D eigenvalue weighted by atomic mass is 16.3. The van der Waals surface area contributed by atoms with E-state index in [2.05, 4.69) is 21.8 Å². The zero-order valence-electron chi connectivity index (χ0n) is 9.19. The van der Waals surface area contributed by atoms with Crippen molar-refractivity contribution in [2.45, 2.75) is 44.8 Å². The number of nitrogens with zero attached hydrogens (tertiary/aromatic N) is 2. The molecule has 0 spiro atoms. The summed E-state index contributed by atoms with van der Waals surface area (Å²) in [4.78, 5) is 4.18. The summed E-state index contributed by atoms with van der Waals surface area (Å²) in [5, 5.41) is 12.2. The van der Waals surface area contributed by atoms with Crippen molar-refractivity contribution in [2.24, 2.45) is 0 Å². The summed E-state index contributed by atoms with van der Waals surface area (Å²) in [5.41, 5.74) is 1.25. The maximum atomic E-state index is 8.79. The van der Waals surface area contributed by atoms with Gasteiger partial charge in [-0.15, -0.1) is 0 Å². The zero-order valence-corrected chi connectivity index (χ0v) is 9.19. The summed E-state index contributed by atoms with van der Waals surface area (Å²) in [6.45, 7) is 3.18. The van der Waals surface area contributed by atoms with Crippen LogP contribution in [0.2, 0.25) is 0 Å². The second kappa shape index (κ2) is 4.77. The van der Waals surface area contributed by atoms with Crippen LogP contribution in [0.5, 0.6) is 0 Å². The Labute approximate surface area is 90.3 Å². The molecule has 0 aromatic carbocycles. The van der Waals surface area contributed by atoms with Crippen LogP contribution in [0.1, 0.15) is 37.9 Å². The summed E-state index contributed by atoms with van der Waals surface area (Å²) >= 11 is 0. The lowest BCUT2D eigenvalue weighted by molar-refractivity contribution is 0.268. The highest BCUT2D eigenvalue weighted by Crippen LogP contribution is 2.35. The summed E-state index contributed by atoms with van der Waals surface area (Å²) < 4.78 is 2.26. The lowest BCUT2D eigenvalue weighted by atomic mass is 10.2. The van der Waals surface area contributed by atoms with Crippen LogP contribution in [0.3, 0.4) is 0 Å². The molecule has 1 aromatic rings. The van der Waals surface area contributed by atoms with E-state index >= 15 is 0 Å². The lowest BCUT2D eigenvalue weighted by Crippen LogP contribution is -2.27. The largest absolute Gasteiger partial charge is 0.396 e. The molecule has 4 nitrogen and oxygen atoms in total. The number of imidazole rings is 1. The minimum atomic E-state index is 0.246. The van der Waals surface area contributed by atoms with E-state index in [4.69, 9.17) is 5.11 Å².